The Morgan fingerprint density at radius 2 is 1.77 bits per heavy atom. The van der Waals surface area contributed by atoms with Gasteiger partial charge in [0.05, 0.1) is 9.85 Å². The van der Waals surface area contributed by atoms with Crippen molar-refractivity contribution in [2.45, 2.75) is 0 Å². The van der Waals surface area contributed by atoms with E-state index >= 15 is 0 Å². The minimum atomic E-state index is -0.930. The summed E-state index contributed by atoms with van der Waals surface area (Å²) in [6.45, 7) is 0. The fourth-order valence-corrected chi connectivity index (χ4v) is 0.871. The molecule has 1 rings (SSSR count). The molecule has 0 unspecified atom stereocenters. The first-order valence-electron chi connectivity index (χ1n) is 3.17. The number of nitrogens with zero attached hydrogens (tertiary/aromatic N) is 2. The van der Waals surface area contributed by atoms with Crippen molar-refractivity contribution in [3.63, 3.8) is 0 Å². The third kappa shape index (κ3) is 1.53. The number of para-hydroxylation sites is 1. The van der Waals surface area contributed by atoms with Gasteiger partial charge in [-0.1, -0.05) is 6.07 Å². The number of hydrogen-bond donors (Lipinski definition) is 0. The van der Waals surface area contributed by atoms with Crippen LogP contribution in [0.2, 0.25) is 0 Å². The molecule has 1 N–H and O–H groups in total. The molecule has 0 amide bonds. The molecule has 67 valence electrons. The largest absolute Gasteiger partial charge is 0.370 e. The highest BCUT2D eigenvalue weighted by Gasteiger charge is 2.26. The predicted octanol–water partition coefficient (Wildman–Crippen LogP) is 1.42. The summed E-state index contributed by atoms with van der Waals surface area (Å²) in [5.41, 5.74) is 5.20. The van der Waals surface area contributed by atoms with Gasteiger partial charge in [0, 0.05) is 6.07 Å². The van der Waals surface area contributed by atoms with Gasteiger partial charge in [-0.15, -0.1) is 0 Å². The number of hydrogen-bond acceptors (Lipinski definition) is 4. The molecule has 1 radical (unpaired) electrons. The maximum absolute atomic E-state index is 10.3. The SMILES string of the molecule is [NH]c1cccc([N+](=O)[O-])c1[N+](=O)[O-]. The van der Waals surface area contributed by atoms with E-state index in [1.54, 1.807) is 0 Å². The van der Waals surface area contributed by atoms with E-state index in [0.29, 0.717) is 0 Å². The molecule has 1 aromatic rings. The van der Waals surface area contributed by atoms with Gasteiger partial charge in [0.15, 0.2) is 0 Å². The van der Waals surface area contributed by atoms with Crippen molar-refractivity contribution in [3.05, 3.63) is 38.4 Å². The number of nitro benzene ring substituents is 2. The minimum absolute atomic E-state index is 0.459. The summed E-state index contributed by atoms with van der Waals surface area (Å²) in [7, 11) is 0. The number of nitro groups is 2. The second-order valence-corrected chi connectivity index (χ2v) is 2.19. The van der Waals surface area contributed by atoms with Gasteiger partial charge in [0.1, 0.15) is 5.69 Å². The highest BCUT2D eigenvalue weighted by Crippen LogP contribution is 2.32. The number of benzene rings is 1. The average Bonchev–Trinajstić information content (AvgIpc) is 2.02. The second-order valence-electron chi connectivity index (χ2n) is 2.19. The molecule has 0 bridgehead atoms. The van der Waals surface area contributed by atoms with E-state index in [0.717, 1.165) is 12.1 Å². The minimum Gasteiger partial charge on any atom is -0.294 e. The lowest BCUT2D eigenvalue weighted by Crippen LogP contribution is -1.97. The zero-order chi connectivity index (χ0) is 10.0. The molecule has 0 aliphatic carbocycles. The zero-order valence-corrected chi connectivity index (χ0v) is 6.26. The van der Waals surface area contributed by atoms with Crippen LogP contribution in [0, 0.1) is 20.2 Å². The van der Waals surface area contributed by atoms with E-state index in [1.165, 1.54) is 6.07 Å². The van der Waals surface area contributed by atoms with Crippen molar-refractivity contribution in [1.29, 1.82) is 0 Å². The lowest BCUT2D eigenvalue weighted by molar-refractivity contribution is -0.422. The predicted molar refractivity (Wildman–Crippen MR) is 42.5 cm³/mol. The molecule has 0 aromatic heterocycles. The molecule has 0 aliphatic heterocycles. The van der Waals surface area contributed by atoms with Crippen molar-refractivity contribution in [1.82, 2.24) is 5.73 Å². The van der Waals surface area contributed by atoms with Gasteiger partial charge >= 0.3 is 11.4 Å². The van der Waals surface area contributed by atoms with Crippen LogP contribution in [0.5, 0.6) is 0 Å². The summed E-state index contributed by atoms with van der Waals surface area (Å²) in [5.74, 6) is 0. The van der Waals surface area contributed by atoms with E-state index in [2.05, 4.69) is 0 Å². The van der Waals surface area contributed by atoms with Crippen molar-refractivity contribution in [2.24, 2.45) is 0 Å². The molecule has 0 heterocycles. The van der Waals surface area contributed by atoms with Crippen molar-refractivity contribution in [2.75, 3.05) is 0 Å². The van der Waals surface area contributed by atoms with Crippen LogP contribution in [0.25, 0.3) is 0 Å². The van der Waals surface area contributed by atoms with E-state index < -0.39 is 26.9 Å². The standard InChI is InChI=1S/C6H4N3O4/c7-4-2-1-3-5(8(10)11)6(4)9(12)13/h1-3,7H. The first kappa shape index (κ1) is 8.91. The molecule has 0 atom stereocenters. The van der Waals surface area contributed by atoms with Crippen LogP contribution in [0.4, 0.5) is 17.1 Å². The first-order chi connectivity index (χ1) is 6.04. The Bertz CT molecular complexity index is 376. The Morgan fingerprint density at radius 1 is 1.15 bits per heavy atom. The Labute approximate surface area is 72.1 Å². The molecular formula is C6H4N3O4. The van der Waals surface area contributed by atoms with Crippen LogP contribution in [0.3, 0.4) is 0 Å². The molecule has 0 spiro atoms. The number of rotatable bonds is 2. The van der Waals surface area contributed by atoms with Gasteiger partial charge < -0.3 is 0 Å². The molecule has 0 saturated carbocycles. The van der Waals surface area contributed by atoms with Crippen LogP contribution in [0.1, 0.15) is 0 Å². The van der Waals surface area contributed by atoms with E-state index in [1.807, 2.05) is 0 Å². The quantitative estimate of drug-likeness (QED) is 0.508. The fraction of sp³-hybridized carbons (Fsp3) is 0. The lowest BCUT2D eigenvalue weighted by Gasteiger charge is -1.95. The summed E-state index contributed by atoms with van der Waals surface area (Å²) in [6.07, 6.45) is 0. The fourth-order valence-electron chi connectivity index (χ4n) is 0.871. The topological polar surface area (TPSA) is 110 Å². The summed E-state index contributed by atoms with van der Waals surface area (Å²) in [5, 5.41) is 20.6. The Morgan fingerprint density at radius 3 is 2.15 bits per heavy atom. The Balaban J connectivity index is 3.43. The third-order valence-corrected chi connectivity index (χ3v) is 1.39. The van der Waals surface area contributed by atoms with Gasteiger partial charge in [0.2, 0.25) is 0 Å². The highest BCUT2D eigenvalue weighted by atomic mass is 16.6. The first-order valence-corrected chi connectivity index (χ1v) is 3.17. The zero-order valence-electron chi connectivity index (χ0n) is 6.26. The van der Waals surface area contributed by atoms with E-state index in [-0.39, 0.29) is 0 Å². The molecular weight excluding hydrogens is 178 g/mol. The molecule has 0 fully saturated rings. The van der Waals surface area contributed by atoms with Crippen molar-refractivity contribution < 1.29 is 9.85 Å². The highest BCUT2D eigenvalue weighted by molar-refractivity contribution is 5.67. The average molecular weight is 182 g/mol. The number of nitrogens with one attached hydrogen (secondary N) is 1. The summed E-state index contributed by atoms with van der Waals surface area (Å²) in [6, 6.07) is 3.36. The normalized spacial score (nSPS) is 9.54. The van der Waals surface area contributed by atoms with Crippen LogP contribution in [-0.2, 0) is 0 Å². The van der Waals surface area contributed by atoms with Gasteiger partial charge in [-0.05, 0) is 6.07 Å². The summed E-state index contributed by atoms with van der Waals surface area (Å²) in [4.78, 5) is 18.8. The molecule has 7 nitrogen and oxygen atoms in total. The third-order valence-electron chi connectivity index (χ3n) is 1.39. The second kappa shape index (κ2) is 3.05. The van der Waals surface area contributed by atoms with E-state index in [9.17, 15) is 20.2 Å². The van der Waals surface area contributed by atoms with Crippen LogP contribution >= 0.6 is 0 Å². The molecule has 13 heavy (non-hydrogen) atoms. The maximum atomic E-state index is 10.3. The smallest absolute Gasteiger partial charge is 0.294 e. The van der Waals surface area contributed by atoms with Gasteiger partial charge in [-0.2, -0.15) is 0 Å². The summed E-state index contributed by atoms with van der Waals surface area (Å²) >= 11 is 0. The van der Waals surface area contributed by atoms with Crippen LogP contribution in [-0.4, -0.2) is 9.85 Å². The van der Waals surface area contributed by atoms with E-state index in [4.69, 9.17) is 5.73 Å². The van der Waals surface area contributed by atoms with Gasteiger partial charge in [-0.25, -0.2) is 0 Å². The Kier molecular flexibility index (Phi) is 2.09. The monoisotopic (exact) mass is 182 g/mol. The maximum Gasteiger partial charge on any atom is 0.370 e. The summed E-state index contributed by atoms with van der Waals surface area (Å²) < 4.78 is 0. The molecule has 0 aliphatic rings. The molecule has 0 saturated heterocycles. The molecule has 1 aromatic carbocycles. The molecule has 7 heteroatoms. The van der Waals surface area contributed by atoms with Gasteiger partial charge in [0.25, 0.3) is 0 Å². The van der Waals surface area contributed by atoms with Crippen molar-refractivity contribution >= 4 is 17.1 Å². The van der Waals surface area contributed by atoms with Crippen LogP contribution < -0.4 is 5.73 Å². The Hall–Kier alpha value is -2.18. The van der Waals surface area contributed by atoms with Crippen LogP contribution in [0.15, 0.2) is 18.2 Å². The van der Waals surface area contributed by atoms with Crippen molar-refractivity contribution in [3.8, 4) is 0 Å². The lowest BCUT2D eigenvalue weighted by atomic mass is 10.2. The van der Waals surface area contributed by atoms with Gasteiger partial charge in [-0.3, -0.25) is 26.0 Å².